The number of nitrogens with zero attached hydrogens (tertiary/aromatic N) is 2. The summed E-state index contributed by atoms with van der Waals surface area (Å²) < 4.78 is 38.8. The molecule has 3 nitrogen and oxygen atoms in total. The number of aromatic nitrogens is 2. The topological polar surface area (TPSA) is 29.9 Å². The summed E-state index contributed by atoms with van der Waals surface area (Å²) in [5.74, 6) is 0.383. The molecule has 0 aromatic carbocycles. The van der Waals surface area contributed by atoms with Gasteiger partial charge >= 0.3 is 6.18 Å². The Labute approximate surface area is 104 Å². The molecule has 102 valence electrons. The molecule has 1 heterocycles. The van der Waals surface area contributed by atoms with E-state index >= 15 is 0 Å². The van der Waals surface area contributed by atoms with Crippen molar-refractivity contribution in [2.24, 2.45) is 5.92 Å². The average Bonchev–Trinajstić information content (AvgIpc) is 2.64. The van der Waals surface area contributed by atoms with Gasteiger partial charge in [0.05, 0.1) is 6.04 Å². The molecule has 0 aliphatic heterocycles. The van der Waals surface area contributed by atoms with Crippen LogP contribution in [-0.4, -0.2) is 22.4 Å². The summed E-state index contributed by atoms with van der Waals surface area (Å²) in [5.41, 5.74) is -0.801. The molecule has 1 fully saturated rings. The molecular formula is C12H18F3N3. The maximum atomic E-state index is 12.4. The molecule has 0 saturated heterocycles. The summed E-state index contributed by atoms with van der Waals surface area (Å²) in [5, 5.41) is 6.97. The maximum Gasteiger partial charge on any atom is 0.435 e. The Morgan fingerprint density at radius 1 is 1.44 bits per heavy atom. The van der Waals surface area contributed by atoms with Crippen molar-refractivity contribution in [3.05, 3.63) is 18.0 Å². The first-order chi connectivity index (χ1) is 8.38. The van der Waals surface area contributed by atoms with Crippen molar-refractivity contribution in [3.8, 4) is 0 Å². The second kappa shape index (κ2) is 4.91. The Bertz CT molecular complexity index is 398. The predicted octanol–water partition coefficient (Wildman–Crippen LogP) is 2.85. The molecule has 1 aliphatic carbocycles. The monoisotopic (exact) mass is 261 g/mol. The van der Waals surface area contributed by atoms with Crippen molar-refractivity contribution in [2.75, 3.05) is 6.54 Å². The van der Waals surface area contributed by atoms with E-state index in [1.807, 2.05) is 0 Å². The van der Waals surface area contributed by atoms with Crippen molar-refractivity contribution in [3.63, 3.8) is 0 Å². The summed E-state index contributed by atoms with van der Waals surface area (Å²) in [7, 11) is 0. The van der Waals surface area contributed by atoms with Crippen molar-refractivity contribution in [2.45, 2.75) is 44.9 Å². The predicted molar refractivity (Wildman–Crippen MR) is 62.1 cm³/mol. The Kier molecular flexibility index (Phi) is 3.66. The van der Waals surface area contributed by atoms with E-state index in [4.69, 9.17) is 0 Å². The molecule has 18 heavy (non-hydrogen) atoms. The van der Waals surface area contributed by atoms with Crippen LogP contribution < -0.4 is 5.32 Å². The fraction of sp³-hybridized carbons (Fsp3) is 0.750. The molecule has 1 saturated carbocycles. The lowest BCUT2D eigenvalue weighted by Gasteiger charge is -2.37. The van der Waals surface area contributed by atoms with E-state index in [9.17, 15) is 13.2 Å². The van der Waals surface area contributed by atoms with Crippen LogP contribution in [0.25, 0.3) is 0 Å². The minimum atomic E-state index is -4.35. The van der Waals surface area contributed by atoms with E-state index in [0.717, 1.165) is 25.5 Å². The highest BCUT2D eigenvalue weighted by Gasteiger charge is 2.37. The normalized spacial score (nSPS) is 24.3. The fourth-order valence-electron chi connectivity index (χ4n) is 2.20. The number of hydrogen-bond acceptors (Lipinski definition) is 2. The van der Waals surface area contributed by atoms with Gasteiger partial charge in [-0.25, -0.2) is 0 Å². The summed E-state index contributed by atoms with van der Waals surface area (Å²) in [6.07, 6.45) is -0.954. The Morgan fingerprint density at radius 2 is 2.17 bits per heavy atom. The van der Waals surface area contributed by atoms with E-state index < -0.39 is 11.9 Å². The zero-order valence-corrected chi connectivity index (χ0v) is 10.5. The first kappa shape index (κ1) is 13.4. The number of alkyl halides is 3. The van der Waals surface area contributed by atoms with Gasteiger partial charge in [-0.05, 0) is 24.8 Å². The van der Waals surface area contributed by atoms with Crippen LogP contribution in [0.2, 0.25) is 0 Å². The van der Waals surface area contributed by atoms with E-state index in [0.29, 0.717) is 12.0 Å². The Balaban J connectivity index is 1.97. The third-order valence-electron chi connectivity index (χ3n) is 3.40. The molecule has 2 rings (SSSR count). The molecule has 2 unspecified atom stereocenters. The summed E-state index contributed by atoms with van der Waals surface area (Å²) >= 11 is 0. The van der Waals surface area contributed by atoms with Gasteiger partial charge in [-0.2, -0.15) is 18.3 Å². The van der Waals surface area contributed by atoms with Gasteiger partial charge < -0.3 is 5.32 Å². The minimum Gasteiger partial charge on any atom is -0.314 e. The largest absolute Gasteiger partial charge is 0.435 e. The van der Waals surface area contributed by atoms with Crippen molar-refractivity contribution in [1.29, 1.82) is 0 Å². The summed E-state index contributed by atoms with van der Waals surface area (Å²) in [4.78, 5) is 0. The average molecular weight is 261 g/mol. The highest BCUT2D eigenvalue weighted by molar-refractivity contribution is 5.05. The van der Waals surface area contributed by atoms with Crippen LogP contribution in [0.4, 0.5) is 13.2 Å². The molecule has 1 aliphatic rings. The van der Waals surface area contributed by atoms with Gasteiger partial charge in [0.1, 0.15) is 0 Å². The smallest absolute Gasteiger partial charge is 0.314 e. The van der Waals surface area contributed by atoms with Crippen LogP contribution in [0.5, 0.6) is 0 Å². The number of nitrogens with one attached hydrogen (secondary N) is 1. The molecule has 2 atom stereocenters. The third-order valence-corrected chi connectivity index (χ3v) is 3.40. The summed E-state index contributed by atoms with van der Waals surface area (Å²) in [6, 6.07) is 1.55. The SMILES string of the molecule is CC(C)NCC1CCC1n1ccc(C(F)(F)F)n1. The van der Waals surface area contributed by atoms with Crippen LogP contribution in [0, 0.1) is 5.92 Å². The van der Waals surface area contributed by atoms with E-state index in [1.165, 1.54) is 10.9 Å². The molecule has 6 heteroatoms. The maximum absolute atomic E-state index is 12.4. The van der Waals surface area contributed by atoms with Gasteiger partial charge in [0.15, 0.2) is 5.69 Å². The van der Waals surface area contributed by atoms with Gasteiger partial charge in [-0.3, -0.25) is 4.68 Å². The minimum absolute atomic E-state index is 0.104. The zero-order chi connectivity index (χ0) is 13.3. The van der Waals surface area contributed by atoms with E-state index in [2.05, 4.69) is 24.3 Å². The van der Waals surface area contributed by atoms with E-state index in [-0.39, 0.29) is 6.04 Å². The number of rotatable bonds is 4. The van der Waals surface area contributed by atoms with Gasteiger partial charge in [-0.15, -0.1) is 0 Å². The molecule has 1 aromatic heterocycles. The summed E-state index contributed by atoms with van der Waals surface area (Å²) in [6.45, 7) is 4.95. The lowest BCUT2D eigenvalue weighted by molar-refractivity contribution is -0.141. The lowest BCUT2D eigenvalue weighted by Crippen LogP contribution is -2.39. The second-order valence-corrected chi connectivity index (χ2v) is 5.15. The second-order valence-electron chi connectivity index (χ2n) is 5.15. The highest BCUT2D eigenvalue weighted by atomic mass is 19.4. The van der Waals surface area contributed by atoms with Crippen LogP contribution in [0.1, 0.15) is 38.4 Å². The number of halogens is 3. The van der Waals surface area contributed by atoms with Crippen molar-refractivity contribution in [1.82, 2.24) is 15.1 Å². The standard InChI is InChI=1S/C12H18F3N3/c1-8(2)16-7-9-3-4-10(9)18-6-5-11(17-18)12(13,14)15/h5-6,8-10,16H,3-4,7H2,1-2H3. The lowest BCUT2D eigenvalue weighted by atomic mass is 9.79. The van der Waals surface area contributed by atoms with Crippen LogP contribution in [0.3, 0.4) is 0 Å². The fourth-order valence-corrected chi connectivity index (χ4v) is 2.20. The van der Waals surface area contributed by atoms with Crippen molar-refractivity contribution < 1.29 is 13.2 Å². The Morgan fingerprint density at radius 3 is 2.61 bits per heavy atom. The molecule has 1 aromatic rings. The molecule has 0 bridgehead atoms. The molecule has 0 amide bonds. The first-order valence-corrected chi connectivity index (χ1v) is 6.23. The zero-order valence-electron chi connectivity index (χ0n) is 10.5. The quantitative estimate of drug-likeness (QED) is 0.903. The van der Waals surface area contributed by atoms with Gasteiger partial charge in [0.25, 0.3) is 0 Å². The van der Waals surface area contributed by atoms with Crippen molar-refractivity contribution >= 4 is 0 Å². The van der Waals surface area contributed by atoms with E-state index in [1.54, 1.807) is 0 Å². The van der Waals surface area contributed by atoms with Crippen LogP contribution in [-0.2, 0) is 6.18 Å². The number of hydrogen-bond donors (Lipinski definition) is 1. The van der Waals surface area contributed by atoms with Crippen LogP contribution >= 0.6 is 0 Å². The highest BCUT2D eigenvalue weighted by Crippen LogP contribution is 2.38. The first-order valence-electron chi connectivity index (χ1n) is 6.23. The molecule has 0 spiro atoms. The van der Waals surface area contributed by atoms with Gasteiger partial charge in [0.2, 0.25) is 0 Å². The molecule has 0 radical (unpaired) electrons. The van der Waals surface area contributed by atoms with Gasteiger partial charge in [-0.1, -0.05) is 13.8 Å². The Hall–Kier alpha value is -1.04. The van der Waals surface area contributed by atoms with Gasteiger partial charge in [0, 0.05) is 18.8 Å². The molecule has 1 N–H and O–H groups in total. The third kappa shape index (κ3) is 2.85. The van der Waals surface area contributed by atoms with Crippen LogP contribution in [0.15, 0.2) is 12.3 Å². The molecular weight excluding hydrogens is 243 g/mol.